The minimum Gasteiger partial charge on any atom is -0.391 e. The molecule has 1 aromatic carbocycles. The van der Waals surface area contributed by atoms with Crippen LogP contribution in [0.5, 0.6) is 0 Å². The van der Waals surface area contributed by atoms with E-state index in [2.05, 4.69) is 10.6 Å². The standard InChI is InChI=1S/C15H17F3N2O3/c1-8(21)12(20-13(22)9-5-6-9)14(23)19-11-4-2-3-10(7-11)15(16,17)18/h2-4,7-9,12,21H,5-6H2,1H3,(H,19,23)(H,20,22). The molecule has 2 atom stereocenters. The third kappa shape index (κ3) is 4.69. The van der Waals surface area contributed by atoms with Gasteiger partial charge in [-0.15, -0.1) is 0 Å². The number of rotatable bonds is 5. The highest BCUT2D eigenvalue weighted by molar-refractivity contribution is 5.98. The molecule has 8 heteroatoms. The van der Waals surface area contributed by atoms with E-state index >= 15 is 0 Å². The van der Waals surface area contributed by atoms with Gasteiger partial charge in [0.1, 0.15) is 6.04 Å². The van der Waals surface area contributed by atoms with Crippen LogP contribution in [0, 0.1) is 5.92 Å². The molecular formula is C15H17F3N2O3. The van der Waals surface area contributed by atoms with Crippen LogP contribution in [0.3, 0.4) is 0 Å². The molecule has 2 rings (SSSR count). The van der Waals surface area contributed by atoms with Gasteiger partial charge in [0.15, 0.2) is 0 Å². The fourth-order valence-corrected chi connectivity index (χ4v) is 2.02. The largest absolute Gasteiger partial charge is 0.416 e. The van der Waals surface area contributed by atoms with E-state index in [-0.39, 0.29) is 17.5 Å². The number of carbonyl (C=O) groups excluding carboxylic acids is 2. The van der Waals surface area contributed by atoms with E-state index in [0.717, 1.165) is 25.0 Å². The van der Waals surface area contributed by atoms with Crippen molar-refractivity contribution in [3.05, 3.63) is 29.8 Å². The Morgan fingerprint density at radius 3 is 2.48 bits per heavy atom. The summed E-state index contributed by atoms with van der Waals surface area (Å²) in [7, 11) is 0. The molecule has 0 radical (unpaired) electrons. The first-order valence-corrected chi connectivity index (χ1v) is 7.15. The highest BCUT2D eigenvalue weighted by Crippen LogP contribution is 2.31. The summed E-state index contributed by atoms with van der Waals surface area (Å²) in [6.45, 7) is 1.32. The van der Waals surface area contributed by atoms with Crippen molar-refractivity contribution >= 4 is 17.5 Å². The van der Waals surface area contributed by atoms with Crippen molar-refractivity contribution in [3.8, 4) is 0 Å². The SMILES string of the molecule is CC(O)C(NC(=O)C1CC1)C(=O)Nc1cccc(C(F)(F)F)c1. The van der Waals surface area contributed by atoms with Gasteiger partial charge in [0.05, 0.1) is 11.7 Å². The molecule has 1 aliphatic rings. The second-order valence-corrected chi connectivity index (χ2v) is 5.57. The lowest BCUT2D eigenvalue weighted by Gasteiger charge is -2.21. The lowest BCUT2D eigenvalue weighted by Crippen LogP contribution is -2.50. The summed E-state index contributed by atoms with van der Waals surface area (Å²) in [4.78, 5) is 23.8. The van der Waals surface area contributed by atoms with Gasteiger partial charge in [0, 0.05) is 11.6 Å². The first kappa shape index (κ1) is 17.3. The number of hydrogen-bond acceptors (Lipinski definition) is 3. The van der Waals surface area contributed by atoms with Gasteiger partial charge in [-0.05, 0) is 38.0 Å². The van der Waals surface area contributed by atoms with Crippen molar-refractivity contribution in [2.24, 2.45) is 5.92 Å². The Morgan fingerprint density at radius 1 is 1.30 bits per heavy atom. The fraction of sp³-hybridized carbons (Fsp3) is 0.467. The van der Waals surface area contributed by atoms with Gasteiger partial charge < -0.3 is 15.7 Å². The van der Waals surface area contributed by atoms with Crippen LogP contribution in [-0.4, -0.2) is 29.1 Å². The maximum absolute atomic E-state index is 12.7. The van der Waals surface area contributed by atoms with E-state index in [9.17, 15) is 27.9 Å². The number of amides is 2. The number of halogens is 3. The van der Waals surface area contributed by atoms with Crippen molar-refractivity contribution < 1.29 is 27.9 Å². The molecule has 126 valence electrons. The second kappa shape index (κ2) is 6.57. The van der Waals surface area contributed by atoms with Gasteiger partial charge in [-0.3, -0.25) is 9.59 Å². The van der Waals surface area contributed by atoms with E-state index < -0.39 is 29.8 Å². The Kier molecular flexibility index (Phi) is 4.93. The van der Waals surface area contributed by atoms with Crippen molar-refractivity contribution in [1.82, 2.24) is 5.32 Å². The maximum Gasteiger partial charge on any atom is 0.416 e. The monoisotopic (exact) mass is 330 g/mol. The van der Waals surface area contributed by atoms with E-state index in [1.54, 1.807) is 0 Å². The van der Waals surface area contributed by atoms with E-state index in [1.165, 1.54) is 19.1 Å². The van der Waals surface area contributed by atoms with Crippen LogP contribution in [0.25, 0.3) is 0 Å². The molecule has 0 spiro atoms. The number of benzene rings is 1. The summed E-state index contributed by atoms with van der Waals surface area (Å²) in [5.41, 5.74) is -0.956. The predicted octanol–water partition coefficient (Wildman–Crippen LogP) is 1.92. The summed E-state index contributed by atoms with van der Waals surface area (Å²) in [5.74, 6) is -1.26. The predicted molar refractivity (Wildman–Crippen MR) is 76.4 cm³/mol. The van der Waals surface area contributed by atoms with Gasteiger partial charge in [-0.25, -0.2) is 0 Å². The van der Waals surface area contributed by atoms with Gasteiger partial charge in [0.2, 0.25) is 11.8 Å². The molecule has 3 N–H and O–H groups in total. The van der Waals surface area contributed by atoms with Gasteiger partial charge in [-0.1, -0.05) is 6.07 Å². The highest BCUT2D eigenvalue weighted by Gasteiger charge is 2.34. The molecular weight excluding hydrogens is 313 g/mol. The van der Waals surface area contributed by atoms with E-state index in [0.29, 0.717) is 0 Å². The molecule has 1 aromatic rings. The van der Waals surface area contributed by atoms with Crippen LogP contribution < -0.4 is 10.6 Å². The molecule has 1 saturated carbocycles. The Bertz CT molecular complexity index is 598. The minimum atomic E-state index is -4.52. The molecule has 2 unspecified atom stereocenters. The average molecular weight is 330 g/mol. The highest BCUT2D eigenvalue weighted by atomic mass is 19.4. The summed E-state index contributed by atoms with van der Waals surface area (Å²) < 4.78 is 38.0. The van der Waals surface area contributed by atoms with Crippen molar-refractivity contribution in [1.29, 1.82) is 0 Å². The lowest BCUT2D eigenvalue weighted by molar-refractivity contribution is -0.137. The van der Waals surface area contributed by atoms with Crippen LogP contribution in [0.2, 0.25) is 0 Å². The summed E-state index contributed by atoms with van der Waals surface area (Å²) in [5, 5.41) is 14.3. The molecule has 1 aliphatic carbocycles. The third-order valence-electron chi connectivity index (χ3n) is 3.47. The lowest BCUT2D eigenvalue weighted by atomic mass is 10.1. The van der Waals surface area contributed by atoms with Crippen molar-refractivity contribution in [3.63, 3.8) is 0 Å². The van der Waals surface area contributed by atoms with Crippen LogP contribution in [0.15, 0.2) is 24.3 Å². The fourth-order valence-electron chi connectivity index (χ4n) is 2.02. The Morgan fingerprint density at radius 2 is 1.96 bits per heavy atom. The maximum atomic E-state index is 12.7. The van der Waals surface area contributed by atoms with Crippen LogP contribution in [0.1, 0.15) is 25.3 Å². The quantitative estimate of drug-likeness (QED) is 0.772. The Balaban J connectivity index is 2.07. The van der Waals surface area contributed by atoms with Gasteiger partial charge in [-0.2, -0.15) is 13.2 Å². The number of alkyl halides is 3. The Labute approximate surface area is 130 Å². The van der Waals surface area contributed by atoms with Crippen molar-refractivity contribution in [2.75, 3.05) is 5.32 Å². The van der Waals surface area contributed by atoms with Crippen molar-refractivity contribution in [2.45, 2.75) is 38.1 Å². The first-order chi connectivity index (χ1) is 10.7. The molecule has 0 aromatic heterocycles. The molecule has 0 heterocycles. The van der Waals surface area contributed by atoms with Gasteiger partial charge in [0.25, 0.3) is 0 Å². The molecule has 0 bridgehead atoms. The second-order valence-electron chi connectivity index (χ2n) is 5.57. The zero-order valence-electron chi connectivity index (χ0n) is 12.4. The van der Waals surface area contributed by atoms with E-state index in [1.807, 2.05) is 0 Å². The molecule has 1 fully saturated rings. The molecule has 2 amide bonds. The minimum absolute atomic E-state index is 0.0591. The molecule has 23 heavy (non-hydrogen) atoms. The van der Waals surface area contributed by atoms with Crippen LogP contribution >= 0.6 is 0 Å². The summed E-state index contributed by atoms with van der Waals surface area (Å²) in [6.07, 6.45) is -4.24. The number of hydrogen-bond donors (Lipinski definition) is 3. The molecule has 0 aliphatic heterocycles. The number of nitrogens with one attached hydrogen (secondary N) is 2. The zero-order chi connectivity index (χ0) is 17.2. The summed E-state index contributed by atoms with van der Waals surface area (Å²) >= 11 is 0. The van der Waals surface area contributed by atoms with E-state index in [4.69, 9.17) is 0 Å². The zero-order valence-corrected chi connectivity index (χ0v) is 12.4. The van der Waals surface area contributed by atoms with Gasteiger partial charge >= 0.3 is 6.18 Å². The average Bonchev–Trinajstić information content (AvgIpc) is 3.28. The first-order valence-electron chi connectivity index (χ1n) is 7.15. The Hall–Kier alpha value is -2.09. The topological polar surface area (TPSA) is 78.4 Å². The van der Waals surface area contributed by atoms with Crippen LogP contribution in [0.4, 0.5) is 18.9 Å². The smallest absolute Gasteiger partial charge is 0.391 e. The van der Waals surface area contributed by atoms with Crippen LogP contribution in [-0.2, 0) is 15.8 Å². The number of anilines is 1. The third-order valence-corrected chi connectivity index (χ3v) is 3.47. The number of carbonyl (C=O) groups is 2. The normalized spacial score (nSPS) is 17.3. The number of aliphatic hydroxyl groups is 1. The summed E-state index contributed by atoms with van der Waals surface area (Å²) in [6, 6.07) is 2.92. The number of aliphatic hydroxyl groups excluding tert-OH is 1. The molecule has 5 nitrogen and oxygen atoms in total. The molecule has 0 saturated heterocycles.